The highest BCUT2D eigenvalue weighted by Crippen LogP contribution is 2.38. The van der Waals surface area contributed by atoms with E-state index in [1.807, 2.05) is 25.1 Å². The van der Waals surface area contributed by atoms with Gasteiger partial charge in [-0.2, -0.15) is 0 Å². The Balaban J connectivity index is 2.27. The molecule has 102 valence electrons. The molecule has 3 nitrogen and oxygen atoms in total. The summed E-state index contributed by atoms with van der Waals surface area (Å²) >= 11 is 3.44. The summed E-state index contributed by atoms with van der Waals surface area (Å²) in [6, 6.07) is 14.5. The minimum Gasteiger partial charge on any atom is -0.475 e. The van der Waals surface area contributed by atoms with E-state index in [-0.39, 0.29) is 0 Å². The molecule has 0 unspecified atom stereocenters. The molecule has 1 heterocycles. The third-order valence-corrected chi connectivity index (χ3v) is 3.70. The van der Waals surface area contributed by atoms with Gasteiger partial charge in [0.25, 0.3) is 5.88 Å². The van der Waals surface area contributed by atoms with Crippen molar-refractivity contribution >= 4 is 26.7 Å². The average Bonchev–Trinajstić information content (AvgIpc) is 2.90. The van der Waals surface area contributed by atoms with E-state index in [1.54, 1.807) is 0 Å². The summed E-state index contributed by atoms with van der Waals surface area (Å²) in [7, 11) is 0. The van der Waals surface area contributed by atoms with Crippen LogP contribution in [-0.4, -0.2) is 11.8 Å². The molecule has 0 spiro atoms. The molecule has 0 amide bonds. The van der Waals surface area contributed by atoms with E-state index in [2.05, 4.69) is 45.4 Å². The Labute approximate surface area is 125 Å². The molecular weight excluding hydrogens is 318 g/mol. The highest BCUT2D eigenvalue weighted by molar-refractivity contribution is 9.08. The maximum Gasteiger partial charge on any atom is 0.262 e. The van der Waals surface area contributed by atoms with Gasteiger partial charge in [-0.05, 0) is 28.4 Å². The third kappa shape index (κ3) is 2.20. The number of benzene rings is 2. The lowest BCUT2D eigenvalue weighted by Gasteiger charge is -2.07. The smallest absolute Gasteiger partial charge is 0.262 e. The summed E-state index contributed by atoms with van der Waals surface area (Å²) in [6.45, 7) is 2.50. The molecule has 0 aliphatic heterocycles. The van der Waals surface area contributed by atoms with Crippen molar-refractivity contribution in [3.05, 3.63) is 48.2 Å². The molecule has 0 atom stereocenters. The van der Waals surface area contributed by atoms with Gasteiger partial charge in [0.15, 0.2) is 5.76 Å². The maximum absolute atomic E-state index is 5.60. The van der Waals surface area contributed by atoms with Crippen LogP contribution in [0.1, 0.15) is 12.7 Å². The van der Waals surface area contributed by atoms with Gasteiger partial charge in [-0.3, -0.25) is 0 Å². The zero-order chi connectivity index (χ0) is 13.9. The maximum atomic E-state index is 5.60. The molecule has 0 saturated heterocycles. The second-order valence-corrected chi connectivity index (χ2v) is 4.94. The number of ether oxygens (including phenoxy) is 1. The lowest BCUT2D eigenvalue weighted by molar-refractivity contribution is 0.291. The number of alkyl halides is 1. The molecule has 0 saturated carbocycles. The monoisotopic (exact) mass is 331 g/mol. The first-order valence-corrected chi connectivity index (χ1v) is 7.62. The number of rotatable bonds is 4. The predicted molar refractivity (Wildman–Crippen MR) is 83.2 cm³/mol. The van der Waals surface area contributed by atoms with Crippen LogP contribution in [0.4, 0.5) is 0 Å². The number of fused-ring (bicyclic) bond motifs is 1. The summed E-state index contributed by atoms with van der Waals surface area (Å²) in [5.41, 5.74) is 2.02. The fourth-order valence-corrected chi connectivity index (χ4v) is 2.73. The minimum absolute atomic E-state index is 0.554. The van der Waals surface area contributed by atoms with E-state index < -0.39 is 0 Å². The van der Waals surface area contributed by atoms with Crippen LogP contribution in [0.3, 0.4) is 0 Å². The van der Waals surface area contributed by atoms with Crippen LogP contribution in [0, 0.1) is 0 Å². The van der Waals surface area contributed by atoms with Gasteiger partial charge in [0.2, 0.25) is 0 Å². The van der Waals surface area contributed by atoms with Crippen LogP contribution in [-0.2, 0) is 5.33 Å². The van der Waals surface area contributed by atoms with Crippen molar-refractivity contribution in [2.45, 2.75) is 12.3 Å². The van der Waals surface area contributed by atoms with E-state index in [0.717, 1.165) is 16.9 Å². The van der Waals surface area contributed by atoms with E-state index in [9.17, 15) is 0 Å². The number of nitrogens with zero attached hydrogens (tertiary/aromatic N) is 1. The second kappa shape index (κ2) is 5.67. The van der Waals surface area contributed by atoms with Crippen molar-refractivity contribution < 1.29 is 9.26 Å². The predicted octanol–water partition coefficient (Wildman–Crippen LogP) is 4.79. The summed E-state index contributed by atoms with van der Waals surface area (Å²) in [5, 5.41) is 6.99. The number of halogens is 1. The standard InChI is InChI=1S/C16H14BrNO2/c1-2-19-16-15(14(10-17)20-18-16)13-9-5-7-11-6-3-4-8-12(11)13/h3-9H,2,10H2,1H3. The fourth-order valence-electron chi connectivity index (χ4n) is 2.34. The first kappa shape index (κ1) is 13.2. The van der Waals surface area contributed by atoms with E-state index >= 15 is 0 Å². The number of hydrogen-bond donors (Lipinski definition) is 0. The summed E-state index contributed by atoms with van der Waals surface area (Å²) in [4.78, 5) is 0. The molecule has 0 bridgehead atoms. The zero-order valence-corrected chi connectivity index (χ0v) is 12.7. The molecule has 0 fully saturated rings. The molecule has 3 aromatic rings. The van der Waals surface area contributed by atoms with Gasteiger partial charge in [0.05, 0.1) is 17.5 Å². The van der Waals surface area contributed by atoms with Crippen molar-refractivity contribution in [3.63, 3.8) is 0 Å². The van der Waals surface area contributed by atoms with Crippen molar-refractivity contribution in [3.8, 4) is 17.0 Å². The molecule has 0 radical (unpaired) electrons. The third-order valence-electron chi connectivity index (χ3n) is 3.19. The highest BCUT2D eigenvalue weighted by atomic mass is 79.9. The number of hydrogen-bond acceptors (Lipinski definition) is 3. The Bertz CT molecular complexity index is 731. The lowest BCUT2D eigenvalue weighted by Crippen LogP contribution is -1.94. The Hall–Kier alpha value is -1.81. The Morgan fingerprint density at radius 2 is 1.95 bits per heavy atom. The van der Waals surface area contributed by atoms with Gasteiger partial charge in [-0.1, -0.05) is 58.4 Å². The molecule has 2 aromatic carbocycles. The van der Waals surface area contributed by atoms with Crippen LogP contribution >= 0.6 is 15.9 Å². The van der Waals surface area contributed by atoms with Crippen molar-refractivity contribution in [1.29, 1.82) is 0 Å². The molecule has 0 N–H and O–H groups in total. The average molecular weight is 332 g/mol. The SMILES string of the molecule is CCOc1noc(CBr)c1-c1cccc2ccccc12. The second-order valence-electron chi connectivity index (χ2n) is 4.38. The Kier molecular flexibility index (Phi) is 3.74. The van der Waals surface area contributed by atoms with Crippen LogP contribution < -0.4 is 4.74 Å². The van der Waals surface area contributed by atoms with Crippen molar-refractivity contribution in [2.24, 2.45) is 0 Å². The van der Waals surface area contributed by atoms with Crippen LogP contribution in [0.15, 0.2) is 47.0 Å². The zero-order valence-electron chi connectivity index (χ0n) is 11.1. The molecule has 20 heavy (non-hydrogen) atoms. The first-order chi connectivity index (χ1) is 9.85. The summed E-state index contributed by atoms with van der Waals surface area (Å²) in [6.07, 6.45) is 0. The number of aromatic nitrogens is 1. The Morgan fingerprint density at radius 3 is 2.75 bits per heavy atom. The minimum atomic E-state index is 0.554. The van der Waals surface area contributed by atoms with Crippen LogP contribution in [0.25, 0.3) is 21.9 Å². The molecule has 0 aliphatic carbocycles. The van der Waals surface area contributed by atoms with Gasteiger partial charge in [-0.15, -0.1) is 0 Å². The highest BCUT2D eigenvalue weighted by Gasteiger charge is 2.19. The fraction of sp³-hybridized carbons (Fsp3) is 0.188. The van der Waals surface area contributed by atoms with E-state index in [1.165, 1.54) is 10.8 Å². The topological polar surface area (TPSA) is 35.3 Å². The Morgan fingerprint density at radius 1 is 1.15 bits per heavy atom. The molecule has 1 aromatic heterocycles. The van der Waals surface area contributed by atoms with Gasteiger partial charge < -0.3 is 9.26 Å². The normalized spacial score (nSPS) is 10.9. The lowest BCUT2D eigenvalue weighted by atomic mass is 9.99. The molecular formula is C16H14BrNO2. The van der Waals surface area contributed by atoms with Crippen LogP contribution in [0.5, 0.6) is 5.88 Å². The molecule has 4 heteroatoms. The van der Waals surface area contributed by atoms with E-state index in [4.69, 9.17) is 9.26 Å². The van der Waals surface area contributed by atoms with Gasteiger partial charge in [-0.25, -0.2) is 0 Å². The molecule has 0 aliphatic rings. The quantitative estimate of drug-likeness (QED) is 0.645. The van der Waals surface area contributed by atoms with Gasteiger partial charge in [0, 0.05) is 0 Å². The van der Waals surface area contributed by atoms with Gasteiger partial charge >= 0.3 is 0 Å². The largest absolute Gasteiger partial charge is 0.475 e. The molecule has 3 rings (SSSR count). The summed E-state index contributed by atoms with van der Waals surface area (Å²) in [5.74, 6) is 1.34. The van der Waals surface area contributed by atoms with Crippen molar-refractivity contribution in [2.75, 3.05) is 6.61 Å². The first-order valence-electron chi connectivity index (χ1n) is 6.50. The summed E-state index contributed by atoms with van der Waals surface area (Å²) < 4.78 is 11.0. The van der Waals surface area contributed by atoms with Gasteiger partial charge in [0.1, 0.15) is 0 Å². The van der Waals surface area contributed by atoms with Crippen LogP contribution in [0.2, 0.25) is 0 Å². The van der Waals surface area contributed by atoms with E-state index in [0.29, 0.717) is 17.8 Å². The van der Waals surface area contributed by atoms with Crippen molar-refractivity contribution in [1.82, 2.24) is 5.16 Å².